The van der Waals surface area contributed by atoms with E-state index < -0.39 is 12.1 Å². The van der Waals surface area contributed by atoms with E-state index in [0.717, 1.165) is 57.8 Å². The van der Waals surface area contributed by atoms with Crippen LogP contribution in [-0.4, -0.2) is 36.4 Å². The second-order valence-corrected chi connectivity index (χ2v) is 14.4. The first-order chi connectivity index (χ1) is 26.6. The third-order valence-electron chi connectivity index (χ3n) is 9.19. The molecule has 0 rings (SSSR count). The van der Waals surface area contributed by atoms with Crippen LogP contribution in [0.25, 0.3) is 0 Å². The average molecular weight is 751 g/mol. The summed E-state index contributed by atoms with van der Waals surface area (Å²) in [4.78, 5) is 24.3. The minimum absolute atomic E-state index is 0.100. The molecule has 0 spiro atoms. The van der Waals surface area contributed by atoms with Crippen LogP contribution in [0.15, 0.2) is 85.1 Å². The molecule has 0 saturated carbocycles. The van der Waals surface area contributed by atoms with Crippen LogP contribution in [0, 0.1) is 0 Å². The third kappa shape index (κ3) is 41.8. The molecule has 1 N–H and O–H groups in total. The van der Waals surface area contributed by atoms with Gasteiger partial charge in [-0.1, -0.05) is 189 Å². The van der Waals surface area contributed by atoms with Crippen molar-refractivity contribution in [3.05, 3.63) is 85.1 Å². The Morgan fingerprint density at radius 1 is 0.444 bits per heavy atom. The first kappa shape index (κ1) is 51.1. The topological polar surface area (TPSA) is 72.8 Å². The number of aliphatic hydroxyl groups is 1. The standard InChI is InChI=1S/C49H82O5/c1-3-5-7-9-11-13-15-17-19-21-23-24-26-27-29-31-33-35-37-39-41-43-48(51)53-46-47(45-50)54-49(52)44-42-40-38-36-34-32-30-28-25-22-20-18-16-14-12-10-8-6-4-2/h6,8,12,14,17-20,25,28,32,34,38,40,47,50H,3-5,7,9-11,13,15-16,21-24,26-27,29-31,33,35-37,39,41-46H2,1-2H3/b8-6+,14-12+,19-17+,20-18+,28-25+,34-32+,40-38+/t47-/m0/s1. The molecule has 0 heterocycles. The maximum atomic E-state index is 12.2. The van der Waals surface area contributed by atoms with Crippen molar-refractivity contribution in [2.45, 2.75) is 200 Å². The molecule has 0 bridgehead atoms. The van der Waals surface area contributed by atoms with E-state index in [-0.39, 0.29) is 25.6 Å². The van der Waals surface area contributed by atoms with Crippen molar-refractivity contribution in [1.82, 2.24) is 0 Å². The highest BCUT2D eigenvalue weighted by Crippen LogP contribution is 2.14. The lowest BCUT2D eigenvalue weighted by atomic mass is 10.0. The Kier molecular flexibility index (Phi) is 42.1. The normalized spacial score (nSPS) is 13.0. The van der Waals surface area contributed by atoms with Crippen LogP contribution in [0.4, 0.5) is 0 Å². The van der Waals surface area contributed by atoms with Gasteiger partial charge in [-0.3, -0.25) is 9.59 Å². The summed E-state index contributed by atoms with van der Waals surface area (Å²) in [6.45, 7) is 3.96. The van der Waals surface area contributed by atoms with E-state index in [1.54, 1.807) is 0 Å². The largest absolute Gasteiger partial charge is 0.462 e. The van der Waals surface area contributed by atoms with E-state index >= 15 is 0 Å². The summed E-state index contributed by atoms with van der Waals surface area (Å²) in [5.41, 5.74) is 0. The zero-order valence-electron chi connectivity index (χ0n) is 35.0. The van der Waals surface area contributed by atoms with Crippen molar-refractivity contribution >= 4 is 11.9 Å². The van der Waals surface area contributed by atoms with Gasteiger partial charge in [0, 0.05) is 12.8 Å². The summed E-state index contributed by atoms with van der Waals surface area (Å²) in [6, 6.07) is 0. The van der Waals surface area contributed by atoms with Crippen LogP contribution in [0.2, 0.25) is 0 Å². The molecule has 0 aromatic heterocycles. The molecule has 0 aliphatic rings. The monoisotopic (exact) mass is 751 g/mol. The molecular formula is C49H82O5. The summed E-state index contributed by atoms with van der Waals surface area (Å²) in [5.74, 6) is -0.692. The molecule has 0 aliphatic heterocycles. The van der Waals surface area contributed by atoms with Crippen LogP contribution in [0.1, 0.15) is 194 Å². The highest BCUT2D eigenvalue weighted by atomic mass is 16.6. The second kappa shape index (κ2) is 44.5. The molecule has 0 saturated heterocycles. The molecule has 0 aromatic carbocycles. The van der Waals surface area contributed by atoms with Gasteiger partial charge in [-0.15, -0.1) is 0 Å². The van der Waals surface area contributed by atoms with Crippen molar-refractivity contribution in [2.24, 2.45) is 0 Å². The molecule has 1 atom stereocenters. The number of aliphatic hydroxyl groups excluding tert-OH is 1. The van der Waals surface area contributed by atoms with Crippen molar-refractivity contribution in [1.29, 1.82) is 0 Å². The molecule has 5 nitrogen and oxygen atoms in total. The molecule has 5 heteroatoms. The van der Waals surface area contributed by atoms with Crippen LogP contribution in [0.3, 0.4) is 0 Å². The lowest BCUT2D eigenvalue weighted by Gasteiger charge is -2.15. The Bertz CT molecular complexity index is 1030. The molecule has 0 aromatic rings. The number of hydrogen-bond donors (Lipinski definition) is 1. The van der Waals surface area contributed by atoms with Gasteiger partial charge in [0.25, 0.3) is 0 Å². The maximum absolute atomic E-state index is 12.2. The van der Waals surface area contributed by atoms with Gasteiger partial charge < -0.3 is 14.6 Å². The van der Waals surface area contributed by atoms with Gasteiger partial charge in [-0.05, 0) is 77.0 Å². The first-order valence-electron chi connectivity index (χ1n) is 22.1. The Balaban J connectivity index is 3.65. The lowest BCUT2D eigenvalue weighted by Crippen LogP contribution is -2.28. The molecule has 0 amide bonds. The SMILES string of the molecule is CC/C=C/C/C=C/C/C=C/C/C=C/C/C=C/C/C=C/CCC(=O)O[C@@H](CO)COC(=O)CCCCCCCCCCCCC/C=C/CCCCCCCC. The van der Waals surface area contributed by atoms with Crippen LogP contribution in [-0.2, 0) is 19.1 Å². The van der Waals surface area contributed by atoms with Crippen LogP contribution in [0.5, 0.6) is 0 Å². The predicted molar refractivity (Wildman–Crippen MR) is 233 cm³/mol. The number of unbranched alkanes of at least 4 members (excludes halogenated alkanes) is 17. The van der Waals surface area contributed by atoms with Crippen molar-refractivity contribution < 1.29 is 24.2 Å². The van der Waals surface area contributed by atoms with Gasteiger partial charge in [0.1, 0.15) is 6.61 Å². The maximum Gasteiger partial charge on any atom is 0.306 e. The number of carbonyl (C=O) groups is 2. The average Bonchev–Trinajstić information content (AvgIpc) is 3.17. The number of hydrogen-bond acceptors (Lipinski definition) is 5. The van der Waals surface area contributed by atoms with Gasteiger partial charge in [-0.2, -0.15) is 0 Å². The Morgan fingerprint density at radius 2 is 0.833 bits per heavy atom. The van der Waals surface area contributed by atoms with E-state index in [2.05, 4.69) is 86.8 Å². The number of rotatable bonds is 39. The summed E-state index contributed by atoms with van der Waals surface area (Å²) in [5, 5.41) is 9.57. The van der Waals surface area contributed by atoms with E-state index in [1.807, 2.05) is 12.2 Å². The molecule has 0 radical (unpaired) electrons. The Hall–Kier alpha value is -2.92. The lowest BCUT2D eigenvalue weighted by molar-refractivity contribution is -0.161. The smallest absolute Gasteiger partial charge is 0.306 e. The van der Waals surface area contributed by atoms with E-state index in [1.165, 1.54) is 103 Å². The van der Waals surface area contributed by atoms with Gasteiger partial charge >= 0.3 is 11.9 Å². The summed E-state index contributed by atoms with van der Waals surface area (Å²) in [7, 11) is 0. The molecule has 0 fully saturated rings. The fraction of sp³-hybridized carbons (Fsp3) is 0.673. The quantitative estimate of drug-likeness (QED) is 0.0385. The Morgan fingerprint density at radius 3 is 1.28 bits per heavy atom. The minimum atomic E-state index is -0.816. The number of ether oxygens (including phenoxy) is 2. The summed E-state index contributed by atoms with van der Waals surface area (Å²) in [6.07, 6.45) is 60.9. The number of esters is 2. The van der Waals surface area contributed by atoms with E-state index in [9.17, 15) is 14.7 Å². The third-order valence-corrected chi connectivity index (χ3v) is 9.19. The van der Waals surface area contributed by atoms with Crippen molar-refractivity contribution in [3.8, 4) is 0 Å². The van der Waals surface area contributed by atoms with Gasteiger partial charge in [-0.25, -0.2) is 0 Å². The van der Waals surface area contributed by atoms with Crippen LogP contribution < -0.4 is 0 Å². The minimum Gasteiger partial charge on any atom is -0.462 e. The van der Waals surface area contributed by atoms with Crippen molar-refractivity contribution in [2.75, 3.05) is 13.2 Å². The molecule has 0 unspecified atom stereocenters. The van der Waals surface area contributed by atoms with Crippen LogP contribution >= 0.6 is 0 Å². The summed E-state index contributed by atoms with van der Waals surface area (Å²) >= 11 is 0. The van der Waals surface area contributed by atoms with E-state index in [4.69, 9.17) is 9.47 Å². The predicted octanol–water partition coefficient (Wildman–Crippen LogP) is 14.3. The molecule has 54 heavy (non-hydrogen) atoms. The van der Waals surface area contributed by atoms with Gasteiger partial charge in [0.15, 0.2) is 6.10 Å². The van der Waals surface area contributed by atoms with Crippen molar-refractivity contribution in [3.63, 3.8) is 0 Å². The highest BCUT2D eigenvalue weighted by Gasteiger charge is 2.15. The zero-order chi connectivity index (χ0) is 39.3. The van der Waals surface area contributed by atoms with E-state index in [0.29, 0.717) is 12.8 Å². The number of carbonyl (C=O) groups excluding carboxylic acids is 2. The fourth-order valence-electron chi connectivity index (χ4n) is 5.87. The highest BCUT2D eigenvalue weighted by molar-refractivity contribution is 5.70. The molecule has 0 aliphatic carbocycles. The first-order valence-corrected chi connectivity index (χ1v) is 22.1. The summed E-state index contributed by atoms with van der Waals surface area (Å²) < 4.78 is 10.6. The number of allylic oxidation sites excluding steroid dienone is 14. The Labute approximate surface area is 333 Å². The second-order valence-electron chi connectivity index (χ2n) is 14.4. The molecule has 308 valence electrons. The zero-order valence-corrected chi connectivity index (χ0v) is 35.0. The molecular weight excluding hydrogens is 669 g/mol. The van der Waals surface area contributed by atoms with Gasteiger partial charge in [0.2, 0.25) is 0 Å². The van der Waals surface area contributed by atoms with Gasteiger partial charge in [0.05, 0.1) is 6.61 Å². The fourth-order valence-corrected chi connectivity index (χ4v) is 5.87.